The predicted molar refractivity (Wildman–Crippen MR) is 140 cm³/mol. The van der Waals surface area contributed by atoms with Crippen LogP contribution >= 0.6 is 0 Å². The fourth-order valence-corrected chi connectivity index (χ4v) is 5.15. The van der Waals surface area contributed by atoms with Crippen molar-refractivity contribution in [3.63, 3.8) is 0 Å². The predicted octanol–water partition coefficient (Wildman–Crippen LogP) is 3.64. The minimum atomic E-state index is -0.665. The highest BCUT2D eigenvalue weighted by Gasteiger charge is 2.35. The van der Waals surface area contributed by atoms with Gasteiger partial charge < -0.3 is 24.4 Å². The normalized spacial score (nSPS) is 17.4. The summed E-state index contributed by atoms with van der Waals surface area (Å²) in [6.07, 6.45) is 5.34. The number of ether oxygens (including phenoxy) is 3. The summed E-state index contributed by atoms with van der Waals surface area (Å²) in [6.45, 7) is 10.00. The van der Waals surface area contributed by atoms with Crippen molar-refractivity contribution in [1.29, 1.82) is 0 Å². The van der Waals surface area contributed by atoms with E-state index in [0.717, 1.165) is 71.6 Å². The monoisotopic (exact) mass is 512 g/mol. The van der Waals surface area contributed by atoms with Crippen LogP contribution in [0.1, 0.15) is 25.2 Å². The molecule has 0 amide bonds. The first-order valence-electron chi connectivity index (χ1n) is 12.8. The number of hydrogen-bond acceptors (Lipinski definition) is 10. The molecule has 3 aliphatic rings. The van der Waals surface area contributed by atoms with Gasteiger partial charge >= 0.3 is 0 Å². The third-order valence-electron chi connectivity index (χ3n) is 7.16. The van der Waals surface area contributed by atoms with E-state index < -0.39 is 5.60 Å². The van der Waals surface area contributed by atoms with E-state index in [-0.39, 0.29) is 0 Å². The third-order valence-corrected chi connectivity index (χ3v) is 7.16. The van der Waals surface area contributed by atoms with Gasteiger partial charge in [0.1, 0.15) is 23.6 Å². The standard InChI is InChI=1S/C27H28N8O3/c1-16-10-30-33-35(16)19-4-5-20-21-12-29-26(32-24(21)27(2,3)38-23(20)9-19)31-18-8-22-25(28-11-18)37-7-6-34(22)13-17-14-36-15-17/h4-5,8-12,17H,6-7,13-15H2,1-3H3,(H,29,31,32). The average molecular weight is 513 g/mol. The summed E-state index contributed by atoms with van der Waals surface area (Å²) >= 11 is 0. The van der Waals surface area contributed by atoms with E-state index in [9.17, 15) is 0 Å². The highest BCUT2D eigenvalue weighted by Crippen LogP contribution is 2.45. The van der Waals surface area contributed by atoms with Crippen LogP contribution in [0, 0.1) is 12.8 Å². The van der Waals surface area contributed by atoms with Gasteiger partial charge in [-0.25, -0.2) is 19.6 Å². The Morgan fingerprint density at radius 1 is 1.08 bits per heavy atom. The molecule has 11 nitrogen and oxygen atoms in total. The van der Waals surface area contributed by atoms with Crippen molar-refractivity contribution in [2.75, 3.05) is 43.1 Å². The topological polar surface area (TPSA) is 112 Å². The highest BCUT2D eigenvalue weighted by atomic mass is 16.5. The van der Waals surface area contributed by atoms with Crippen molar-refractivity contribution in [1.82, 2.24) is 29.9 Å². The van der Waals surface area contributed by atoms with Crippen LogP contribution in [0.15, 0.2) is 42.9 Å². The molecule has 1 aromatic carbocycles. The van der Waals surface area contributed by atoms with Gasteiger partial charge in [-0.1, -0.05) is 5.21 Å². The molecule has 38 heavy (non-hydrogen) atoms. The second-order valence-corrected chi connectivity index (χ2v) is 10.4. The van der Waals surface area contributed by atoms with Crippen molar-refractivity contribution in [3.8, 4) is 28.4 Å². The molecule has 3 aromatic heterocycles. The number of hydrogen-bond donors (Lipinski definition) is 1. The molecule has 7 rings (SSSR count). The maximum Gasteiger partial charge on any atom is 0.237 e. The first-order valence-corrected chi connectivity index (χ1v) is 12.8. The zero-order valence-corrected chi connectivity index (χ0v) is 21.5. The quantitative estimate of drug-likeness (QED) is 0.425. The van der Waals surface area contributed by atoms with Crippen LogP contribution in [0.25, 0.3) is 16.8 Å². The van der Waals surface area contributed by atoms with Crippen LogP contribution in [0.3, 0.4) is 0 Å². The van der Waals surface area contributed by atoms with Gasteiger partial charge in [0.25, 0.3) is 0 Å². The van der Waals surface area contributed by atoms with Crippen LogP contribution in [-0.4, -0.2) is 62.9 Å². The first-order chi connectivity index (χ1) is 18.4. The lowest BCUT2D eigenvalue weighted by atomic mass is 9.91. The summed E-state index contributed by atoms with van der Waals surface area (Å²) < 4.78 is 19.4. The lowest BCUT2D eigenvalue weighted by Gasteiger charge is -2.36. The molecule has 0 radical (unpaired) electrons. The highest BCUT2D eigenvalue weighted by molar-refractivity contribution is 5.77. The van der Waals surface area contributed by atoms with Gasteiger partial charge in [-0.2, -0.15) is 0 Å². The molecule has 6 heterocycles. The number of rotatable bonds is 5. The van der Waals surface area contributed by atoms with Gasteiger partial charge in [0.2, 0.25) is 11.8 Å². The number of anilines is 3. The van der Waals surface area contributed by atoms with Gasteiger partial charge in [-0.3, -0.25) is 0 Å². The van der Waals surface area contributed by atoms with E-state index in [4.69, 9.17) is 19.2 Å². The summed E-state index contributed by atoms with van der Waals surface area (Å²) in [5.41, 5.74) is 5.64. The van der Waals surface area contributed by atoms with Crippen LogP contribution in [0.2, 0.25) is 0 Å². The number of aromatic nitrogens is 6. The minimum Gasteiger partial charge on any atom is -0.481 e. The minimum absolute atomic E-state index is 0.483. The van der Waals surface area contributed by atoms with E-state index in [1.807, 2.05) is 45.2 Å². The van der Waals surface area contributed by atoms with Crippen LogP contribution in [0.5, 0.6) is 11.6 Å². The summed E-state index contributed by atoms with van der Waals surface area (Å²) in [5.74, 6) is 2.44. The summed E-state index contributed by atoms with van der Waals surface area (Å²) in [7, 11) is 0. The van der Waals surface area contributed by atoms with E-state index in [1.54, 1.807) is 17.1 Å². The maximum atomic E-state index is 6.45. The van der Waals surface area contributed by atoms with Gasteiger partial charge in [0, 0.05) is 35.9 Å². The van der Waals surface area contributed by atoms with Gasteiger partial charge in [0.05, 0.1) is 54.9 Å². The lowest BCUT2D eigenvalue weighted by Crippen LogP contribution is -2.43. The molecule has 11 heteroatoms. The smallest absolute Gasteiger partial charge is 0.237 e. The Morgan fingerprint density at radius 3 is 2.76 bits per heavy atom. The maximum absolute atomic E-state index is 6.45. The zero-order chi connectivity index (χ0) is 25.9. The van der Waals surface area contributed by atoms with E-state index in [2.05, 4.69) is 36.6 Å². The lowest BCUT2D eigenvalue weighted by molar-refractivity contribution is -0.0280. The Kier molecular flexibility index (Phi) is 5.22. The van der Waals surface area contributed by atoms with Crippen LogP contribution in [0.4, 0.5) is 17.3 Å². The number of pyridine rings is 1. The fraction of sp³-hybridized carbons (Fsp3) is 0.370. The molecular weight excluding hydrogens is 484 g/mol. The molecule has 0 atom stereocenters. The van der Waals surface area contributed by atoms with Crippen LogP contribution < -0.4 is 19.7 Å². The van der Waals surface area contributed by atoms with Crippen molar-refractivity contribution in [2.24, 2.45) is 5.92 Å². The first kappa shape index (κ1) is 22.9. The molecule has 3 aliphatic heterocycles. The van der Waals surface area contributed by atoms with Gasteiger partial charge in [0.15, 0.2) is 0 Å². The van der Waals surface area contributed by atoms with Crippen molar-refractivity contribution >= 4 is 17.3 Å². The molecule has 0 saturated carbocycles. The number of benzene rings is 1. The van der Waals surface area contributed by atoms with Crippen molar-refractivity contribution < 1.29 is 14.2 Å². The Balaban J connectivity index is 1.19. The van der Waals surface area contributed by atoms with Gasteiger partial charge in [-0.05, 0) is 39.0 Å². The van der Waals surface area contributed by atoms with E-state index in [0.29, 0.717) is 24.4 Å². The zero-order valence-electron chi connectivity index (χ0n) is 21.5. The summed E-state index contributed by atoms with van der Waals surface area (Å²) in [5, 5.41) is 11.5. The number of aryl methyl sites for hydroxylation is 1. The summed E-state index contributed by atoms with van der Waals surface area (Å²) in [4.78, 5) is 16.4. The number of fused-ring (bicyclic) bond motifs is 4. The molecule has 0 aliphatic carbocycles. The van der Waals surface area contributed by atoms with Gasteiger partial charge in [-0.15, -0.1) is 5.10 Å². The van der Waals surface area contributed by atoms with Crippen molar-refractivity contribution in [3.05, 3.63) is 54.2 Å². The fourth-order valence-electron chi connectivity index (χ4n) is 5.15. The Bertz CT molecular complexity index is 1530. The molecule has 1 N–H and O–H groups in total. The number of nitrogens with zero attached hydrogens (tertiary/aromatic N) is 7. The van der Waals surface area contributed by atoms with E-state index in [1.165, 1.54) is 0 Å². The molecule has 1 fully saturated rings. The van der Waals surface area contributed by atoms with E-state index >= 15 is 0 Å². The Hall–Kier alpha value is -4.25. The molecule has 1 saturated heterocycles. The molecular formula is C27H28N8O3. The number of nitrogens with one attached hydrogen (secondary N) is 1. The Morgan fingerprint density at radius 2 is 1.97 bits per heavy atom. The SMILES string of the molecule is Cc1cnnn1-c1ccc2c(c1)OC(C)(C)c1nc(Nc3cnc4c(c3)N(CC3COC3)CCO4)ncc1-2. The molecule has 4 aromatic rings. The Labute approximate surface area is 219 Å². The molecule has 194 valence electrons. The van der Waals surface area contributed by atoms with Crippen molar-refractivity contribution in [2.45, 2.75) is 26.4 Å². The molecule has 0 bridgehead atoms. The average Bonchev–Trinajstić information content (AvgIpc) is 3.31. The second kappa shape index (κ2) is 8.66. The third kappa shape index (κ3) is 3.90. The molecule has 0 spiro atoms. The van der Waals surface area contributed by atoms with Crippen LogP contribution in [-0.2, 0) is 10.3 Å². The second-order valence-electron chi connectivity index (χ2n) is 10.4. The molecule has 0 unspecified atom stereocenters. The largest absolute Gasteiger partial charge is 0.481 e. The summed E-state index contributed by atoms with van der Waals surface area (Å²) in [6, 6.07) is 8.05.